The number of guanidine groups is 1. The molecule has 160 valence electrons. The van der Waals surface area contributed by atoms with E-state index in [1.807, 2.05) is 0 Å². The van der Waals surface area contributed by atoms with Gasteiger partial charge in [-0.2, -0.15) is 0 Å². The maximum atomic E-state index is 5.19. The van der Waals surface area contributed by atoms with Crippen LogP contribution in [0.4, 0.5) is 0 Å². The van der Waals surface area contributed by atoms with Crippen molar-refractivity contribution in [3.63, 3.8) is 0 Å². The Balaban J connectivity index is 0.00000364. The van der Waals surface area contributed by atoms with E-state index in [2.05, 4.69) is 36.3 Å². The first kappa shape index (κ1) is 25.0. The molecule has 1 heterocycles. The second-order valence-corrected chi connectivity index (χ2v) is 8.50. The fourth-order valence-electron chi connectivity index (χ4n) is 4.28. The van der Waals surface area contributed by atoms with Crippen LogP contribution in [0.5, 0.6) is 0 Å². The molecule has 1 aliphatic heterocycles. The molecule has 2 fully saturated rings. The monoisotopic (exact) mass is 494 g/mol. The zero-order chi connectivity index (χ0) is 18.8. The number of ether oxygens (including phenoxy) is 1. The highest BCUT2D eigenvalue weighted by Crippen LogP contribution is 2.29. The lowest BCUT2D eigenvalue weighted by Crippen LogP contribution is -2.45. The topological polar surface area (TPSA) is 48.9 Å². The molecule has 5 nitrogen and oxygen atoms in total. The average Bonchev–Trinajstić information content (AvgIpc) is 2.66. The van der Waals surface area contributed by atoms with Gasteiger partial charge in [-0.25, -0.2) is 0 Å². The summed E-state index contributed by atoms with van der Waals surface area (Å²) in [7, 11) is 1.78. The van der Waals surface area contributed by atoms with E-state index in [0.29, 0.717) is 6.04 Å². The first-order chi connectivity index (χ1) is 12.6. The lowest BCUT2D eigenvalue weighted by Gasteiger charge is -2.33. The van der Waals surface area contributed by atoms with Gasteiger partial charge in [0.2, 0.25) is 0 Å². The third-order valence-electron chi connectivity index (χ3n) is 6.23. The summed E-state index contributed by atoms with van der Waals surface area (Å²) in [6, 6.07) is 0.596. The predicted molar refractivity (Wildman–Crippen MR) is 126 cm³/mol. The van der Waals surface area contributed by atoms with E-state index in [0.717, 1.165) is 50.0 Å². The Labute approximate surface area is 184 Å². The number of methoxy groups -OCH3 is 1. The molecule has 2 rings (SSSR count). The van der Waals surface area contributed by atoms with Gasteiger partial charge in [0.05, 0.1) is 6.61 Å². The van der Waals surface area contributed by atoms with Gasteiger partial charge < -0.3 is 20.3 Å². The number of halogens is 1. The standard InChI is InChI=1S/C21H42N4O.HI/c1-5-22-21(24-20-8-6-19(7-9-20)17(2)3)23-16-18-10-12-25(13-11-18)14-15-26-4;/h17-20H,5-16H2,1-4H3,(H2,22,23,24);1H. The van der Waals surface area contributed by atoms with Crippen LogP contribution in [0.25, 0.3) is 0 Å². The molecule has 0 aromatic heterocycles. The van der Waals surface area contributed by atoms with Crippen molar-refractivity contribution in [2.24, 2.45) is 22.7 Å². The fraction of sp³-hybridized carbons (Fsp3) is 0.952. The molecule has 0 aromatic carbocycles. The highest BCUT2D eigenvalue weighted by Gasteiger charge is 2.24. The number of rotatable bonds is 8. The number of aliphatic imine (C=N–C) groups is 1. The Morgan fingerprint density at radius 1 is 1.11 bits per heavy atom. The molecule has 0 unspecified atom stereocenters. The average molecular weight is 495 g/mol. The van der Waals surface area contributed by atoms with Crippen LogP contribution in [-0.2, 0) is 4.74 Å². The molecule has 0 spiro atoms. The van der Waals surface area contributed by atoms with Crippen LogP contribution in [0.3, 0.4) is 0 Å². The molecule has 6 heteroatoms. The molecular weight excluding hydrogens is 451 g/mol. The third-order valence-corrected chi connectivity index (χ3v) is 6.23. The highest BCUT2D eigenvalue weighted by atomic mass is 127. The minimum Gasteiger partial charge on any atom is -0.383 e. The fourth-order valence-corrected chi connectivity index (χ4v) is 4.28. The van der Waals surface area contributed by atoms with Gasteiger partial charge in [0.25, 0.3) is 0 Å². The van der Waals surface area contributed by atoms with E-state index >= 15 is 0 Å². The zero-order valence-corrected chi connectivity index (χ0v) is 20.3. The van der Waals surface area contributed by atoms with Crippen molar-refractivity contribution in [1.82, 2.24) is 15.5 Å². The van der Waals surface area contributed by atoms with Crippen LogP contribution in [-0.4, -0.2) is 63.3 Å². The van der Waals surface area contributed by atoms with E-state index in [1.54, 1.807) is 7.11 Å². The molecule has 1 saturated carbocycles. The number of hydrogen-bond acceptors (Lipinski definition) is 3. The van der Waals surface area contributed by atoms with Gasteiger partial charge in [0, 0.05) is 32.8 Å². The molecule has 0 atom stereocenters. The molecule has 27 heavy (non-hydrogen) atoms. The minimum absolute atomic E-state index is 0. The maximum Gasteiger partial charge on any atom is 0.191 e. The normalized spacial score (nSPS) is 25.3. The van der Waals surface area contributed by atoms with Crippen molar-refractivity contribution >= 4 is 29.9 Å². The van der Waals surface area contributed by atoms with Crippen LogP contribution in [0.15, 0.2) is 4.99 Å². The summed E-state index contributed by atoms with van der Waals surface area (Å²) in [6.45, 7) is 13.1. The van der Waals surface area contributed by atoms with Gasteiger partial charge in [-0.05, 0) is 76.3 Å². The van der Waals surface area contributed by atoms with Crippen molar-refractivity contribution in [2.75, 3.05) is 46.4 Å². The Hall–Kier alpha value is -0.0800. The molecule has 1 aliphatic carbocycles. The summed E-state index contributed by atoms with van der Waals surface area (Å²) in [5.74, 6) is 3.49. The smallest absolute Gasteiger partial charge is 0.191 e. The predicted octanol–water partition coefficient (Wildman–Crippen LogP) is 3.73. The second kappa shape index (κ2) is 14.0. The first-order valence-corrected chi connectivity index (χ1v) is 10.9. The van der Waals surface area contributed by atoms with E-state index in [9.17, 15) is 0 Å². The quantitative estimate of drug-likeness (QED) is 0.307. The Kier molecular flexibility index (Phi) is 12.9. The van der Waals surface area contributed by atoms with Crippen molar-refractivity contribution in [2.45, 2.75) is 65.3 Å². The van der Waals surface area contributed by atoms with Gasteiger partial charge in [0.1, 0.15) is 0 Å². The summed E-state index contributed by atoms with van der Waals surface area (Å²) < 4.78 is 5.19. The van der Waals surface area contributed by atoms with Crippen molar-refractivity contribution in [1.29, 1.82) is 0 Å². The first-order valence-electron chi connectivity index (χ1n) is 10.9. The summed E-state index contributed by atoms with van der Waals surface area (Å²) in [4.78, 5) is 7.44. The maximum absolute atomic E-state index is 5.19. The van der Waals surface area contributed by atoms with Crippen molar-refractivity contribution in [3.8, 4) is 0 Å². The molecule has 2 N–H and O–H groups in total. The van der Waals surface area contributed by atoms with Crippen molar-refractivity contribution in [3.05, 3.63) is 0 Å². The van der Waals surface area contributed by atoms with Gasteiger partial charge in [-0.3, -0.25) is 4.99 Å². The lowest BCUT2D eigenvalue weighted by molar-refractivity contribution is 0.121. The number of likely N-dealkylation sites (tertiary alicyclic amines) is 1. The number of nitrogens with one attached hydrogen (secondary N) is 2. The molecule has 0 amide bonds. The Morgan fingerprint density at radius 2 is 1.78 bits per heavy atom. The Bertz CT molecular complexity index is 403. The Morgan fingerprint density at radius 3 is 2.33 bits per heavy atom. The van der Waals surface area contributed by atoms with Gasteiger partial charge in [-0.15, -0.1) is 24.0 Å². The van der Waals surface area contributed by atoms with Crippen LogP contribution in [0.2, 0.25) is 0 Å². The third kappa shape index (κ3) is 9.31. The van der Waals surface area contributed by atoms with Gasteiger partial charge in [-0.1, -0.05) is 13.8 Å². The molecule has 0 bridgehead atoms. The molecule has 0 radical (unpaired) electrons. The van der Waals surface area contributed by atoms with Crippen LogP contribution in [0, 0.1) is 17.8 Å². The van der Waals surface area contributed by atoms with E-state index in [4.69, 9.17) is 9.73 Å². The second-order valence-electron chi connectivity index (χ2n) is 8.50. The van der Waals surface area contributed by atoms with E-state index in [-0.39, 0.29) is 24.0 Å². The SMILES string of the molecule is CCNC(=NCC1CCN(CCOC)CC1)NC1CCC(C(C)C)CC1.I. The lowest BCUT2D eigenvalue weighted by atomic mass is 9.80. The highest BCUT2D eigenvalue weighted by molar-refractivity contribution is 14.0. The molecular formula is C21H43IN4O. The zero-order valence-electron chi connectivity index (χ0n) is 18.0. The summed E-state index contributed by atoms with van der Waals surface area (Å²) in [5, 5.41) is 7.16. The number of nitrogens with zero attached hydrogens (tertiary/aromatic N) is 2. The summed E-state index contributed by atoms with van der Waals surface area (Å²) in [6.07, 6.45) is 7.79. The van der Waals surface area contributed by atoms with Crippen LogP contribution >= 0.6 is 24.0 Å². The molecule has 0 aromatic rings. The summed E-state index contributed by atoms with van der Waals surface area (Å²) in [5.41, 5.74) is 0. The van der Waals surface area contributed by atoms with E-state index in [1.165, 1.54) is 51.6 Å². The largest absolute Gasteiger partial charge is 0.383 e. The molecule has 2 aliphatic rings. The van der Waals surface area contributed by atoms with Crippen molar-refractivity contribution < 1.29 is 4.74 Å². The van der Waals surface area contributed by atoms with Crippen LogP contribution < -0.4 is 10.6 Å². The summed E-state index contributed by atoms with van der Waals surface area (Å²) >= 11 is 0. The number of hydrogen-bond donors (Lipinski definition) is 2. The van der Waals surface area contributed by atoms with E-state index < -0.39 is 0 Å². The van der Waals surface area contributed by atoms with Gasteiger partial charge >= 0.3 is 0 Å². The van der Waals surface area contributed by atoms with Crippen LogP contribution in [0.1, 0.15) is 59.3 Å². The number of piperidine rings is 1. The van der Waals surface area contributed by atoms with Gasteiger partial charge in [0.15, 0.2) is 5.96 Å². The minimum atomic E-state index is 0. The molecule has 1 saturated heterocycles.